The number of benzene rings is 1. The van der Waals surface area contributed by atoms with Gasteiger partial charge in [-0.15, -0.1) is 0 Å². The van der Waals surface area contributed by atoms with E-state index in [9.17, 15) is 23.2 Å². The highest BCUT2D eigenvalue weighted by Gasteiger charge is 2.40. The van der Waals surface area contributed by atoms with Gasteiger partial charge in [-0.3, -0.25) is 19.1 Å². The highest BCUT2D eigenvalue weighted by Crippen LogP contribution is 2.28. The number of rotatable bonds is 7. The molecule has 1 fully saturated rings. The molecule has 0 spiro atoms. The van der Waals surface area contributed by atoms with Crippen LogP contribution in [-0.4, -0.2) is 65.9 Å². The number of nitrogens with zero attached hydrogens (tertiary/aromatic N) is 6. The van der Waals surface area contributed by atoms with Gasteiger partial charge in [-0.05, 0) is 59.1 Å². The van der Waals surface area contributed by atoms with Crippen LogP contribution in [0.3, 0.4) is 0 Å². The van der Waals surface area contributed by atoms with Gasteiger partial charge >= 0.3 is 0 Å². The van der Waals surface area contributed by atoms with E-state index in [-0.39, 0.29) is 47.8 Å². The Morgan fingerprint density at radius 3 is 2.52 bits per heavy atom. The van der Waals surface area contributed by atoms with E-state index in [0.717, 1.165) is 11.1 Å². The molecule has 0 unspecified atom stereocenters. The quantitative estimate of drug-likeness (QED) is 0.226. The number of halogens is 3. The largest absolute Gasteiger partial charge is 0.328 e. The third-order valence-corrected chi connectivity index (χ3v) is 7.55. The minimum atomic E-state index is -1.37. The SMILES string of the molecule is CC(=O)c1nn(CC(=O)N2C[C@H](F)C[C@H]2C(=O)Cc2nc(Br)c(F)cc2C)c2ccc(-c3cnc(C)nc3)cc12. The number of likely N-dealkylation sites (tertiary alicyclic amines) is 1. The Balaban J connectivity index is 1.41. The van der Waals surface area contributed by atoms with Crippen molar-refractivity contribution in [2.75, 3.05) is 6.54 Å². The molecule has 4 aromatic rings. The number of hydrogen-bond donors (Lipinski definition) is 0. The lowest BCUT2D eigenvalue weighted by Gasteiger charge is -2.23. The number of Topliss-reactive ketones (excluding diaryl/α,β-unsaturated/α-hetero) is 2. The van der Waals surface area contributed by atoms with Crippen molar-refractivity contribution in [3.63, 3.8) is 0 Å². The summed E-state index contributed by atoms with van der Waals surface area (Å²) in [7, 11) is 0. The number of aryl methyl sites for hydroxylation is 2. The van der Waals surface area contributed by atoms with Gasteiger partial charge in [0.15, 0.2) is 17.4 Å². The van der Waals surface area contributed by atoms with Crippen LogP contribution in [0.5, 0.6) is 0 Å². The third kappa shape index (κ3) is 5.40. The first-order chi connectivity index (χ1) is 19.0. The van der Waals surface area contributed by atoms with Gasteiger partial charge in [0.1, 0.15) is 28.8 Å². The van der Waals surface area contributed by atoms with Crippen LogP contribution < -0.4 is 0 Å². The molecule has 1 saturated heterocycles. The highest BCUT2D eigenvalue weighted by atomic mass is 79.9. The number of amides is 1. The molecule has 0 radical (unpaired) electrons. The van der Waals surface area contributed by atoms with Crippen molar-refractivity contribution in [3.05, 3.63) is 69.9 Å². The van der Waals surface area contributed by atoms with E-state index in [1.807, 2.05) is 6.07 Å². The smallest absolute Gasteiger partial charge is 0.245 e. The number of ketones is 2. The topological polar surface area (TPSA) is 111 Å². The van der Waals surface area contributed by atoms with E-state index in [1.165, 1.54) is 22.6 Å². The molecule has 1 amide bonds. The van der Waals surface area contributed by atoms with Gasteiger partial charge in [0, 0.05) is 36.7 Å². The number of carbonyl (C=O) groups excluding carboxylic acids is 3. The average Bonchev–Trinajstić information content (AvgIpc) is 3.48. The maximum atomic E-state index is 14.5. The van der Waals surface area contributed by atoms with Gasteiger partial charge in [0.2, 0.25) is 5.91 Å². The first-order valence-corrected chi connectivity index (χ1v) is 13.4. The number of pyridine rings is 1. The zero-order chi connectivity index (χ0) is 28.7. The number of alkyl halides is 1. The van der Waals surface area contributed by atoms with Gasteiger partial charge in [-0.25, -0.2) is 23.7 Å². The van der Waals surface area contributed by atoms with Crippen LogP contribution in [0, 0.1) is 19.7 Å². The van der Waals surface area contributed by atoms with Crippen LogP contribution in [-0.2, 0) is 22.6 Å². The number of carbonyl (C=O) groups is 3. The first-order valence-electron chi connectivity index (χ1n) is 12.6. The summed E-state index contributed by atoms with van der Waals surface area (Å²) in [5, 5.41) is 4.95. The number of fused-ring (bicyclic) bond motifs is 1. The molecule has 2 atom stereocenters. The van der Waals surface area contributed by atoms with Crippen molar-refractivity contribution < 1.29 is 23.2 Å². The van der Waals surface area contributed by atoms with Crippen LogP contribution in [0.1, 0.15) is 40.9 Å². The van der Waals surface area contributed by atoms with Crippen molar-refractivity contribution in [2.45, 2.75) is 52.4 Å². The zero-order valence-corrected chi connectivity index (χ0v) is 23.6. The van der Waals surface area contributed by atoms with Crippen LogP contribution >= 0.6 is 15.9 Å². The molecule has 0 N–H and O–H groups in total. The molecule has 3 aromatic heterocycles. The van der Waals surface area contributed by atoms with Crippen molar-refractivity contribution >= 4 is 44.3 Å². The number of hydrogen-bond acceptors (Lipinski definition) is 7. The second kappa shape index (κ2) is 10.9. The van der Waals surface area contributed by atoms with Crippen molar-refractivity contribution in [1.82, 2.24) is 29.6 Å². The van der Waals surface area contributed by atoms with Gasteiger partial charge in [-0.2, -0.15) is 5.10 Å². The van der Waals surface area contributed by atoms with Crippen molar-refractivity contribution in [2.24, 2.45) is 0 Å². The van der Waals surface area contributed by atoms with Gasteiger partial charge in [0.05, 0.1) is 30.2 Å². The highest BCUT2D eigenvalue weighted by molar-refractivity contribution is 9.10. The molecule has 206 valence electrons. The van der Waals surface area contributed by atoms with Crippen molar-refractivity contribution in [3.8, 4) is 11.1 Å². The van der Waals surface area contributed by atoms with E-state index in [4.69, 9.17) is 0 Å². The predicted octanol–water partition coefficient (Wildman–Crippen LogP) is 4.36. The Kier molecular flexibility index (Phi) is 7.54. The molecule has 4 heterocycles. The summed E-state index contributed by atoms with van der Waals surface area (Å²) < 4.78 is 29.7. The summed E-state index contributed by atoms with van der Waals surface area (Å²) in [6, 6.07) is 5.64. The Hall–Kier alpha value is -3.93. The summed E-state index contributed by atoms with van der Waals surface area (Å²) in [5.74, 6) is -1.08. The lowest BCUT2D eigenvalue weighted by molar-refractivity contribution is -0.138. The standard InChI is InChI=1S/C28H25BrF2N6O3/c1-14-6-21(31)28(29)34-22(14)9-25(39)24-8-19(30)12-36(24)26(40)13-37-23-5-4-17(18-10-32-16(3)33-11-18)7-20(23)27(35-37)15(2)38/h4-7,10-11,19,24H,8-9,12-13H2,1-3H3/t19-,24+/m1/s1. The van der Waals surface area contributed by atoms with Crippen LogP contribution in [0.4, 0.5) is 8.78 Å². The molecule has 0 saturated carbocycles. The fraction of sp³-hybridized carbons (Fsp3) is 0.321. The molecular formula is C28H25BrF2N6O3. The predicted molar refractivity (Wildman–Crippen MR) is 146 cm³/mol. The molecule has 12 heteroatoms. The Bertz CT molecular complexity index is 1660. The van der Waals surface area contributed by atoms with Crippen LogP contribution in [0.15, 0.2) is 41.3 Å². The van der Waals surface area contributed by atoms with E-state index >= 15 is 0 Å². The summed E-state index contributed by atoms with van der Waals surface area (Å²) >= 11 is 3.03. The second-order valence-corrected chi connectivity index (χ2v) is 10.6. The van der Waals surface area contributed by atoms with Crippen LogP contribution in [0.25, 0.3) is 22.0 Å². The molecule has 0 aliphatic carbocycles. The maximum Gasteiger partial charge on any atom is 0.245 e. The Labute approximate surface area is 236 Å². The fourth-order valence-electron chi connectivity index (χ4n) is 4.92. The summed E-state index contributed by atoms with van der Waals surface area (Å²) in [4.78, 5) is 52.8. The second-order valence-electron chi connectivity index (χ2n) is 9.88. The summed E-state index contributed by atoms with van der Waals surface area (Å²) in [6.07, 6.45) is 1.70. The molecule has 1 aliphatic heterocycles. The minimum Gasteiger partial charge on any atom is -0.328 e. The monoisotopic (exact) mass is 610 g/mol. The molecular weight excluding hydrogens is 586 g/mol. The van der Waals surface area contributed by atoms with Crippen LogP contribution in [0.2, 0.25) is 0 Å². The summed E-state index contributed by atoms with van der Waals surface area (Å²) in [6.45, 7) is 4.29. The first kappa shape index (κ1) is 27.6. The van der Waals surface area contributed by atoms with Gasteiger partial charge < -0.3 is 4.90 Å². The average molecular weight is 611 g/mol. The Morgan fingerprint density at radius 1 is 1.10 bits per heavy atom. The molecule has 1 aliphatic rings. The summed E-state index contributed by atoms with van der Waals surface area (Å²) in [5.41, 5.74) is 3.12. The Morgan fingerprint density at radius 2 is 1.82 bits per heavy atom. The van der Waals surface area contributed by atoms with E-state index in [0.29, 0.717) is 28.0 Å². The molecule has 40 heavy (non-hydrogen) atoms. The zero-order valence-electron chi connectivity index (χ0n) is 22.0. The lowest BCUT2D eigenvalue weighted by atomic mass is 10.0. The molecule has 0 bridgehead atoms. The third-order valence-electron chi connectivity index (χ3n) is 7.00. The van der Waals surface area contributed by atoms with E-state index < -0.39 is 23.9 Å². The fourth-order valence-corrected chi connectivity index (χ4v) is 5.25. The molecule has 5 rings (SSSR count). The van der Waals surface area contributed by atoms with Gasteiger partial charge in [0.25, 0.3) is 0 Å². The number of aromatic nitrogens is 5. The normalized spacial score (nSPS) is 17.0. The maximum absolute atomic E-state index is 14.5. The van der Waals surface area contributed by atoms with E-state index in [2.05, 4.69) is 36.0 Å². The van der Waals surface area contributed by atoms with E-state index in [1.54, 1.807) is 38.4 Å². The minimum absolute atomic E-state index is 0.0199. The van der Waals surface area contributed by atoms with Gasteiger partial charge in [-0.1, -0.05) is 6.07 Å². The lowest BCUT2D eigenvalue weighted by Crippen LogP contribution is -2.43. The van der Waals surface area contributed by atoms with Crippen molar-refractivity contribution in [1.29, 1.82) is 0 Å². The molecule has 9 nitrogen and oxygen atoms in total. The molecule has 1 aromatic carbocycles.